The summed E-state index contributed by atoms with van der Waals surface area (Å²) in [7, 11) is 0. The molecule has 1 saturated heterocycles. The Balaban J connectivity index is 2.52. The van der Waals surface area contributed by atoms with Crippen molar-refractivity contribution in [3.63, 3.8) is 0 Å². The van der Waals surface area contributed by atoms with Crippen LogP contribution in [0.5, 0.6) is 0 Å². The zero-order valence-corrected chi connectivity index (χ0v) is 9.69. The van der Waals surface area contributed by atoms with Crippen molar-refractivity contribution in [1.82, 2.24) is 0 Å². The van der Waals surface area contributed by atoms with Crippen LogP contribution < -0.4 is 0 Å². The van der Waals surface area contributed by atoms with Crippen LogP contribution in [-0.4, -0.2) is 36.4 Å². The van der Waals surface area contributed by atoms with Gasteiger partial charge in [-0.3, -0.25) is 9.59 Å². The molecule has 0 amide bonds. The number of ether oxygens (including phenoxy) is 2. The molecule has 1 heterocycles. The minimum atomic E-state index is -0.680. The number of carbonyl (C=O) groups is 2. The fourth-order valence-electron chi connectivity index (χ4n) is 1.53. The second-order valence-corrected chi connectivity index (χ2v) is 4.30. The Morgan fingerprint density at radius 2 is 2.38 bits per heavy atom. The lowest BCUT2D eigenvalue weighted by molar-refractivity contribution is -0.161. The van der Waals surface area contributed by atoms with Crippen molar-refractivity contribution >= 4 is 11.9 Å². The summed E-state index contributed by atoms with van der Waals surface area (Å²) >= 11 is 0. The Kier molecular flexibility index (Phi) is 4.29. The average Bonchev–Trinajstić information content (AvgIpc) is 2.64. The molecule has 0 aromatic rings. The quantitative estimate of drug-likeness (QED) is 0.702. The molecule has 1 aliphatic rings. The predicted molar refractivity (Wildman–Crippen MR) is 55.6 cm³/mol. The summed E-state index contributed by atoms with van der Waals surface area (Å²) < 4.78 is 9.90. The molecular weight excluding hydrogens is 212 g/mol. The van der Waals surface area contributed by atoms with E-state index >= 15 is 0 Å². The van der Waals surface area contributed by atoms with E-state index in [0.29, 0.717) is 12.8 Å². The van der Waals surface area contributed by atoms with Crippen molar-refractivity contribution in [2.24, 2.45) is 5.41 Å². The molecule has 1 fully saturated rings. The zero-order chi connectivity index (χ0) is 12.2. The SMILES string of the molecule is CCC(C)(CCO)C(=O)OC1COC(=O)C1. The van der Waals surface area contributed by atoms with E-state index in [1.54, 1.807) is 6.92 Å². The lowest BCUT2D eigenvalue weighted by atomic mass is 9.84. The molecule has 1 aliphatic heterocycles. The summed E-state index contributed by atoms with van der Waals surface area (Å²) in [6.45, 7) is 3.71. The second kappa shape index (κ2) is 5.30. The number of carbonyl (C=O) groups excluding carboxylic acids is 2. The van der Waals surface area contributed by atoms with Gasteiger partial charge in [0.2, 0.25) is 0 Å². The minimum Gasteiger partial charge on any atom is -0.462 e. The van der Waals surface area contributed by atoms with Gasteiger partial charge in [0, 0.05) is 6.61 Å². The maximum atomic E-state index is 11.8. The van der Waals surface area contributed by atoms with Crippen LogP contribution in [0, 0.1) is 5.41 Å². The van der Waals surface area contributed by atoms with Crippen LogP contribution in [0.2, 0.25) is 0 Å². The van der Waals surface area contributed by atoms with Crippen molar-refractivity contribution in [3.8, 4) is 0 Å². The normalized spacial score (nSPS) is 23.7. The van der Waals surface area contributed by atoms with E-state index in [0.717, 1.165) is 0 Å². The lowest BCUT2D eigenvalue weighted by Gasteiger charge is -2.26. The van der Waals surface area contributed by atoms with E-state index in [4.69, 9.17) is 14.6 Å². The van der Waals surface area contributed by atoms with Gasteiger partial charge < -0.3 is 14.6 Å². The van der Waals surface area contributed by atoms with Gasteiger partial charge in [-0.2, -0.15) is 0 Å². The second-order valence-electron chi connectivity index (χ2n) is 4.30. The molecule has 0 radical (unpaired) electrons. The number of cyclic esters (lactones) is 1. The Morgan fingerprint density at radius 1 is 1.69 bits per heavy atom. The molecule has 1 N–H and O–H groups in total. The molecule has 92 valence electrons. The van der Waals surface area contributed by atoms with Crippen LogP contribution in [-0.2, 0) is 19.1 Å². The van der Waals surface area contributed by atoms with Crippen molar-refractivity contribution in [1.29, 1.82) is 0 Å². The first-order chi connectivity index (χ1) is 7.51. The number of rotatable bonds is 5. The number of hydrogen-bond donors (Lipinski definition) is 1. The highest BCUT2D eigenvalue weighted by atomic mass is 16.6. The first-order valence-corrected chi connectivity index (χ1v) is 5.49. The first-order valence-electron chi connectivity index (χ1n) is 5.49. The molecule has 0 aromatic heterocycles. The van der Waals surface area contributed by atoms with Gasteiger partial charge in [0.05, 0.1) is 11.8 Å². The van der Waals surface area contributed by atoms with Crippen LogP contribution in [0.3, 0.4) is 0 Å². The van der Waals surface area contributed by atoms with E-state index in [1.807, 2.05) is 6.92 Å². The van der Waals surface area contributed by atoms with Crippen molar-refractivity contribution in [2.75, 3.05) is 13.2 Å². The fourth-order valence-corrected chi connectivity index (χ4v) is 1.53. The summed E-state index contributed by atoms with van der Waals surface area (Å²) in [4.78, 5) is 22.7. The maximum Gasteiger partial charge on any atom is 0.312 e. The first kappa shape index (κ1) is 13.0. The Bertz CT molecular complexity index is 276. The molecular formula is C11H18O5. The van der Waals surface area contributed by atoms with Crippen LogP contribution in [0.15, 0.2) is 0 Å². The lowest BCUT2D eigenvalue weighted by Crippen LogP contribution is -2.33. The molecule has 5 heteroatoms. The van der Waals surface area contributed by atoms with Gasteiger partial charge in [0.25, 0.3) is 0 Å². The summed E-state index contributed by atoms with van der Waals surface area (Å²) in [5, 5.41) is 8.90. The van der Waals surface area contributed by atoms with Gasteiger partial charge in [-0.1, -0.05) is 6.92 Å². The highest BCUT2D eigenvalue weighted by Gasteiger charge is 2.36. The minimum absolute atomic E-state index is 0.0560. The third-order valence-corrected chi connectivity index (χ3v) is 3.03. The molecule has 5 nitrogen and oxygen atoms in total. The molecule has 0 spiro atoms. The van der Waals surface area contributed by atoms with E-state index < -0.39 is 11.5 Å². The van der Waals surface area contributed by atoms with Gasteiger partial charge in [0.1, 0.15) is 12.7 Å². The standard InChI is InChI=1S/C11H18O5/c1-3-11(2,4-5-12)10(14)16-8-6-9(13)15-7-8/h8,12H,3-7H2,1-2H3. The third kappa shape index (κ3) is 2.95. The Labute approximate surface area is 94.7 Å². The monoisotopic (exact) mass is 230 g/mol. The highest BCUT2D eigenvalue weighted by Crippen LogP contribution is 2.28. The van der Waals surface area contributed by atoms with Gasteiger partial charge in [0.15, 0.2) is 0 Å². The van der Waals surface area contributed by atoms with Crippen LogP contribution in [0.1, 0.15) is 33.1 Å². The molecule has 2 unspecified atom stereocenters. The van der Waals surface area contributed by atoms with Crippen LogP contribution in [0.25, 0.3) is 0 Å². The third-order valence-electron chi connectivity index (χ3n) is 3.03. The highest BCUT2D eigenvalue weighted by molar-refractivity contribution is 5.78. The number of aliphatic hydroxyl groups excluding tert-OH is 1. The maximum absolute atomic E-state index is 11.8. The smallest absolute Gasteiger partial charge is 0.312 e. The summed E-state index contributed by atoms with van der Waals surface area (Å²) in [5.74, 6) is -0.703. The largest absolute Gasteiger partial charge is 0.462 e. The van der Waals surface area contributed by atoms with Crippen molar-refractivity contribution in [3.05, 3.63) is 0 Å². The topological polar surface area (TPSA) is 72.8 Å². The molecule has 0 aliphatic carbocycles. The molecule has 1 rings (SSSR count). The van der Waals surface area contributed by atoms with E-state index in [1.165, 1.54) is 0 Å². The van der Waals surface area contributed by atoms with Gasteiger partial charge in [-0.05, 0) is 19.8 Å². The number of aliphatic hydroxyl groups is 1. The van der Waals surface area contributed by atoms with E-state index in [9.17, 15) is 9.59 Å². The Hall–Kier alpha value is -1.10. The average molecular weight is 230 g/mol. The summed E-state index contributed by atoms with van der Waals surface area (Å²) in [6, 6.07) is 0. The number of esters is 2. The van der Waals surface area contributed by atoms with Crippen molar-refractivity contribution < 1.29 is 24.2 Å². The molecule has 0 aromatic carbocycles. The predicted octanol–water partition coefficient (Wildman–Crippen LogP) is 0.644. The van der Waals surface area contributed by atoms with Gasteiger partial charge in [-0.15, -0.1) is 0 Å². The Morgan fingerprint density at radius 3 is 2.81 bits per heavy atom. The fraction of sp³-hybridized carbons (Fsp3) is 0.818. The molecule has 2 atom stereocenters. The molecule has 0 bridgehead atoms. The van der Waals surface area contributed by atoms with Crippen molar-refractivity contribution in [2.45, 2.75) is 39.2 Å². The number of hydrogen-bond acceptors (Lipinski definition) is 5. The van der Waals surface area contributed by atoms with E-state index in [-0.39, 0.29) is 31.6 Å². The molecule has 16 heavy (non-hydrogen) atoms. The zero-order valence-electron chi connectivity index (χ0n) is 9.69. The van der Waals surface area contributed by atoms with Gasteiger partial charge in [-0.25, -0.2) is 0 Å². The van der Waals surface area contributed by atoms with Gasteiger partial charge >= 0.3 is 11.9 Å². The molecule has 0 saturated carbocycles. The summed E-state index contributed by atoms with van der Waals surface area (Å²) in [5.41, 5.74) is -0.680. The van der Waals surface area contributed by atoms with Crippen LogP contribution in [0.4, 0.5) is 0 Å². The van der Waals surface area contributed by atoms with Crippen LogP contribution >= 0.6 is 0 Å². The van der Waals surface area contributed by atoms with E-state index in [2.05, 4.69) is 0 Å². The summed E-state index contributed by atoms with van der Waals surface area (Å²) in [6.07, 6.45) is 0.618.